The van der Waals surface area contributed by atoms with Gasteiger partial charge in [-0.25, -0.2) is 0 Å². The molecule has 0 atom stereocenters. The normalized spacial score (nSPS) is 15.3. The van der Waals surface area contributed by atoms with Crippen LogP contribution in [0.25, 0.3) is 0 Å². The van der Waals surface area contributed by atoms with Gasteiger partial charge in [0.15, 0.2) is 0 Å². The van der Waals surface area contributed by atoms with E-state index >= 15 is 0 Å². The van der Waals surface area contributed by atoms with E-state index < -0.39 is 0 Å². The Labute approximate surface area is 158 Å². The van der Waals surface area contributed by atoms with Gasteiger partial charge in [0.05, 0.1) is 10.7 Å². The lowest BCUT2D eigenvalue weighted by Crippen LogP contribution is -2.48. The van der Waals surface area contributed by atoms with Crippen LogP contribution in [0.3, 0.4) is 0 Å². The van der Waals surface area contributed by atoms with Crippen molar-refractivity contribution in [3.63, 3.8) is 0 Å². The number of aromatic nitrogens is 1. The standard InChI is InChI=1S/C19H22ClN3OS/c20-17-6-1-2-7-18(17)25-14-8-19(24)23-12-10-22(11-13-23)15-16-5-3-4-9-21-16/h1-7,9H,8,10-15H2. The fraction of sp³-hybridized carbons (Fsp3) is 0.368. The van der Waals surface area contributed by atoms with Crippen LogP contribution >= 0.6 is 23.4 Å². The quantitative estimate of drug-likeness (QED) is 0.723. The van der Waals surface area contributed by atoms with Crippen LogP contribution in [0.15, 0.2) is 53.6 Å². The van der Waals surface area contributed by atoms with Crippen LogP contribution in [-0.4, -0.2) is 52.6 Å². The highest BCUT2D eigenvalue weighted by atomic mass is 35.5. The molecule has 0 bridgehead atoms. The zero-order chi connectivity index (χ0) is 17.5. The number of thioether (sulfide) groups is 1. The van der Waals surface area contributed by atoms with Gasteiger partial charge in [-0.1, -0.05) is 29.8 Å². The number of carbonyl (C=O) groups excluding carboxylic acids is 1. The van der Waals surface area contributed by atoms with Crippen molar-refractivity contribution in [2.24, 2.45) is 0 Å². The Bertz CT molecular complexity index is 690. The molecule has 0 spiro atoms. The van der Waals surface area contributed by atoms with Crippen LogP contribution in [0.5, 0.6) is 0 Å². The lowest BCUT2D eigenvalue weighted by molar-refractivity contribution is -0.132. The highest BCUT2D eigenvalue weighted by Gasteiger charge is 2.21. The van der Waals surface area contributed by atoms with Gasteiger partial charge >= 0.3 is 0 Å². The van der Waals surface area contributed by atoms with Gasteiger partial charge in [-0.05, 0) is 24.3 Å². The third-order valence-electron chi connectivity index (χ3n) is 4.25. The minimum absolute atomic E-state index is 0.233. The molecule has 1 aliphatic rings. The van der Waals surface area contributed by atoms with Gasteiger partial charge in [0.2, 0.25) is 5.91 Å². The molecule has 0 radical (unpaired) electrons. The molecule has 4 nitrogen and oxygen atoms in total. The summed E-state index contributed by atoms with van der Waals surface area (Å²) in [4.78, 5) is 22.1. The molecule has 132 valence electrons. The smallest absolute Gasteiger partial charge is 0.223 e. The van der Waals surface area contributed by atoms with Crippen LogP contribution in [0, 0.1) is 0 Å². The van der Waals surface area contributed by atoms with Crippen LogP contribution in [0.4, 0.5) is 0 Å². The van der Waals surface area contributed by atoms with Crippen molar-refractivity contribution >= 4 is 29.3 Å². The predicted molar refractivity (Wildman–Crippen MR) is 103 cm³/mol. The number of benzene rings is 1. The molecule has 25 heavy (non-hydrogen) atoms. The predicted octanol–water partition coefficient (Wildman–Crippen LogP) is 3.56. The van der Waals surface area contributed by atoms with E-state index in [2.05, 4.69) is 9.88 Å². The first kappa shape index (κ1) is 18.2. The molecule has 2 aromatic rings. The molecule has 0 N–H and O–H groups in total. The van der Waals surface area contributed by atoms with E-state index in [1.165, 1.54) is 0 Å². The van der Waals surface area contributed by atoms with Crippen molar-refractivity contribution in [2.45, 2.75) is 17.9 Å². The number of hydrogen-bond donors (Lipinski definition) is 0. The highest BCUT2D eigenvalue weighted by molar-refractivity contribution is 7.99. The molecule has 1 amide bonds. The molecule has 0 aliphatic carbocycles. The second kappa shape index (κ2) is 9.22. The van der Waals surface area contributed by atoms with Crippen molar-refractivity contribution in [3.8, 4) is 0 Å². The number of pyridine rings is 1. The lowest BCUT2D eigenvalue weighted by atomic mass is 10.2. The van der Waals surface area contributed by atoms with Crippen molar-refractivity contribution in [1.29, 1.82) is 0 Å². The van der Waals surface area contributed by atoms with Crippen molar-refractivity contribution in [2.75, 3.05) is 31.9 Å². The summed E-state index contributed by atoms with van der Waals surface area (Å²) in [5.41, 5.74) is 1.08. The first-order valence-corrected chi connectivity index (χ1v) is 9.86. The topological polar surface area (TPSA) is 36.4 Å². The molecule has 1 fully saturated rings. The number of amides is 1. The average Bonchev–Trinajstić information content (AvgIpc) is 2.65. The Kier molecular flexibility index (Phi) is 6.73. The molecule has 1 aliphatic heterocycles. The van der Waals surface area contributed by atoms with Crippen molar-refractivity contribution < 1.29 is 4.79 Å². The minimum atomic E-state index is 0.233. The van der Waals surface area contributed by atoms with Gasteiger partial charge in [0.25, 0.3) is 0 Å². The minimum Gasteiger partial charge on any atom is -0.340 e. The van der Waals surface area contributed by atoms with Gasteiger partial charge in [-0.3, -0.25) is 14.7 Å². The van der Waals surface area contributed by atoms with Crippen LogP contribution in [0.1, 0.15) is 12.1 Å². The summed E-state index contributed by atoms with van der Waals surface area (Å²) in [6.07, 6.45) is 2.38. The van der Waals surface area contributed by atoms with Gasteiger partial charge in [0, 0.05) is 56.0 Å². The number of rotatable bonds is 6. The van der Waals surface area contributed by atoms with Gasteiger partial charge in [-0.2, -0.15) is 0 Å². The maximum Gasteiger partial charge on any atom is 0.223 e. The fourth-order valence-electron chi connectivity index (χ4n) is 2.84. The maximum atomic E-state index is 12.4. The van der Waals surface area contributed by atoms with Gasteiger partial charge in [-0.15, -0.1) is 11.8 Å². The third kappa shape index (κ3) is 5.46. The zero-order valence-corrected chi connectivity index (χ0v) is 15.7. The Balaban J connectivity index is 1.39. The maximum absolute atomic E-state index is 12.4. The van der Waals surface area contributed by atoms with Crippen LogP contribution < -0.4 is 0 Å². The summed E-state index contributed by atoms with van der Waals surface area (Å²) in [5.74, 6) is 0.994. The Morgan fingerprint density at radius 2 is 1.84 bits per heavy atom. The van der Waals surface area contributed by atoms with Gasteiger partial charge < -0.3 is 4.90 Å². The van der Waals surface area contributed by atoms with E-state index in [9.17, 15) is 4.79 Å². The molecular formula is C19H22ClN3OS. The highest BCUT2D eigenvalue weighted by Crippen LogP contribution is 2.27. The van der Waals surface area contributed by atoms with E-state index in [1.807, 2.05) is 53.6 Å². The molecule has 0 saturated carbocycles. The van der Waals surface area contributed by atoms with Crippen LogP contribution in [0.2, 0.25) is 5.02 Å². The summed E-state index contributed by atoms with van der Waals surface area (Å²) in [6, 6.07) is 13.8. The summed E-state index contributed by atoms with van der Waals surface area (Å²) in [7, 11) is 0. The second-order valence-corrected chi connectivity index (χ2v) is 7.55. The van der Waals surface area contributed by atoms with E-state index in [-0.39, 0.29) is 5.91 Å². The molecular weight excluding hydrogens is 354 g/mol. The number of carbonyl (C=O) groups is 1. The molecule has 6 heteroatoms. The van der Waals surface area contributed by atoms with E-state index in [1.54, 1.807) is 11.8 Å². The third-order valence-corrected chi connectivity index (χ3v) is 5.76. The van der Waals surface area contributed by atoms with Crippen molar-refractivity contribution in [1.82, 2.24) is 14.8 Å². The number of halogens is 1. The number of piperazine rings is 1. The first-order chi connectivity index (χ1) is 12.2. The largest absolute Gasteiger partial charge is 0.340 e. The molecule has 1 aromatic carbocycles. The Morgan fingerprint density at radius 3 is 2.56 bits per heavy atom. The first-order valence-electron chi connectivity index (χ1n) is 8.50. The SMILES string of the molecule is O=C(CCSc1ccccc1Cl)N1CCN(Cc2ccccn2)CC1. The number of hydrogen-bond acceptors (Lipinski definition) is 4. The van der Waals surface area contributed by atoms with Crippen molar-refractivity contribution in [3.05, 3.63) is 59.4 Å². The zero-order valence-electron chi connectivity index (χ0n) is 14.1. The van der Waals surface area contributed by atoms with E-state index in [0.717, 1.165) is 54.1 Å². The Hall–Kier alpha value is -1.56. The number of nitrogens with zero attached hydrogens (tertiary/aromatic N) is 3. The van der Waals surface area contributed by atoms with E-state index in [4.69, 9.17) is 11.6 Å². The monoisotopic (exact) mass is 375 g/mol. The molecule has 2 heterocycles. The summed E-state index contributed by atoms with van der Waals surface area (Å²) in [5, 5.41) is 0.753. The van der Waals surface area contributed by atoms with E-state index in [0.29, 0.717) is 6.42 Å². The lowest BCUT2D eigenvalue weighted by Gasteiger charge is -2.34. The molecule has 0 unspecified atom stereocenters. The summed E-state index contributed by atoms with van der Waals surface area (Å²) < 4.78 is 0. The summed E-state index contributed by atoms with van der Waals surface area (Å²) in [6.45, 7) is 4.25. The second-order valence-electron chi connectivity index (χ2n) is 6.01. The fourth-order valence-corrected chi connectivity index (χ4v) is 4.02. The molecule has 3 rings (SSSR count). The van der Waals surface area contributed by atoms with Gasteiger partial charge in [0.1, 0.15) is 0 Å². The molecule has 1 aromatic heterocycles. The average molecular weight is 376 g/mol. The van der Waals surface area contributed by atoms with Crippen LogP contribution in [-0.2, 0) is 11.3 Å². The summed E-state index contributed by atoms with van der Waals surface area (Å²) >= 11 is 7.79. The Morgan fingerprint density at radius 1 is 1.08 bits per heavy atom. The molecule has 1 saturated heterocycles.